The van der Waals surface area contributed by atoms with E-state index in [9.17, 15) is 0 Å². The van der Waals surface area contributed by atoms with E-state index >= 15 is 0 Å². The first kappa shape index (κ1) is 12.5. The number of anilines is 1. The average Bonchev–Trinajstić information content (AvgIpc) is 2.96. The highest BCUT2D eigenvalue weighted by Crippen LogP contribution is 2.58. The minimum absolute atomic E-state index is 0.359. The van der Waals surface area contributed by atoms with Crippen LogP contribution in [0.15, 0.2) is 53.5 Å². The summed E-state index contributed by atoms with van der Waals surface area (Å²) in [5.41, 5.74) is 11.2. The summed E-state index contributed by atoms with van der Waals surface area (Å²) in [4.78, 5) is 4.68. The van der Waals surface area contributed by atoms with Gasteiger partial charge in [0.15, 0.2) is 5.96 Å². The van der Waals surface area contributed by atoms with Crippen molar-refractivity contribution >= 4 is 11.6 Å². The van der Waals surface area contributed by atoms with Crippen molar-refractivity contribution in [2.24, 2.45) is 16.6 Å². The third-order valence-electron chi connectivity index (χ3n) is 4.58. The van der Waals surface area contributed by atoms with Crippen LogP contribution in [-0.4, -0.2) is 12.0 Å². The van der Waals surface area contributed by atoms with Crippen LogP contribution < -0.4 is 11.1 Å². The second-order valence-corrected chi connectivity index (χ2v) is 6.09. The molecular weight excluding hydrogens is 258 g/mol. The summed E-state index contributed by atoms with van der Waals surface area (Å²) in [6.45, 7) is 2.07. The molecule has 0 aliphatic heterocycles. The van der Waals surface area contributed by atoms with Crippen LogP contribution in [0.4, 0.5) is 5.69 Å². The van der Waals surface area contributed by atoms with Gasteiger partial charge in [-0.05, 0) is 48.1 Å². The predicted octanol–water partition coefficient (Wildman–Crippen LogP) is 3.06. The Morgan fingerprint density at radius 3 is 2.90 bits per heavy atom. The number of aryl methyl sites for hydroxylation is 1. The second-order valence-electron chi connectivity index (χ2n) is 6.09. The first-order valence-corrected chi connectivity index (χ1v) is 7.47. The second kappa shape index (κ2) is 4.62. The fourth-order valence-electron chi connectivity index (χ4n) is 3.56. The van der Waals surface area contributed by atoms with Crippen molar-refractivity contribution in [1.82, 2.24) is 0 Å². The molecule has 3 N–H and O–H groups in total. The quantitative estimate of drug-likeness (QED) is 0.655. The minimum atomic E-state index is 0.359. The standard InChI is InChI=1S/C18H19N3/c1-11-5-4-7-13(9-11)20-18(19)21-17-15-10-12-6-2-3-8-14(12)16(15)17/h2-9,15-17H,10H2,1H3,(H3,19,20,21). The van der Waals surface area contributed by atoms with E-state index < -0.39 is 0 Å². The molecule has 2 aliphatic carbocycles. The summed E-state index contributed by atoms with van der Waals surface area (Å²) in [5, 5.41) is 3.20. The van der Waals surface area contributed by atoms with Crippen molar-refractivity contribution in [2.75, 3.05) is 5.32 Å². The lowest BCUT2D eigenvalue weighted by Crippen LogP contribution is -2.23. The van der Waals surface area contributed by atoms with Gasteiger partial charge < -0.3 is 11.1 Å². The lowest BCUT2D eigenvalue weighted by Gasteiger charge is -2.08. The Morgan fingerprint density at radius 2 is 2.05 bits per heavy atom. The molecule has 0 amide bonds. The van der Waals surface area contributed by atoms with E-state index in [4.69, 9.17) is 5.73 Å². The van der Waals surface area contributed by atoms with Crippen molar-refractivity contribution in [3.63, 3.8) is 0 Å². The number of benzene rings is 2. The van der Waals surface area contributed by atoms with Gasteiger partial charge in [0.1, 0.15) is 0 Å². The topological polar surface area (TPSA) is 50.4 Å². The van der Waals surface area contributed by atoms with Gasteiger partial charge in [0.2, 0.25) is 0 Å². The van der Waals surface area contributed by atoms with Gasteiger partial charge in [0.05, 0.1) is 6.04 Å². The van der Waals surface area contributed by atoms with Gasteiger partial charge in [-0.3, -0.25) is 0 Å². The highest BCUT2D eigenvalue weighted by atomic mass is 15.1. The molecule has 3 atom stereocenters. The number of aliphatic imine (C=N–C) groups is 1. The Kier molecular flexibility index (Phi) is 2.74. The van der Waals surface area contributed by atoms with Crippen LogP contribution in [0.1, 0.15) is 22.6 Å². The number of nitrogens with one attached hydrogen (secondary N) is 1. The summed E-state index contributed by atoms with van der Waals surface area (Å²) in [6, 6.07) is 17.2. The zero-order valence-electron chi connectivity index (χ0n) is 12.1. The van der Waals surface area contributed by atoms with Crippen LogP contribution in [0.5, 0.6) is 0 Å². The zero-order chi connectivity index (χ0) is 14.4. The molecule has 106 valence electrons. The Hall–Kier alpha value is -2.29. The van der Waals surface area contributed by atoms with Crippen LogP contribution >= 0.6 is 0 Å². The molecular formula is C18H19N3. The molecule has 3 heteroatoms. The van der Waals surface area contributed by atoms with E-state index in [-0.39, 0.29) is 0 Å². The largest absolute Gasteiger partial charge is 0.370 e. The Morgan fingerprint density at radius 1 is 1.19 bits per heavy atom. The fraction of sp³-hybridized carbons (Fsp3) is 0.278. The van der Waals surface area contributed by atoms with Crippen molar-refractivity contribution < 1.29 is 0 Å². The number of guanidine groups is 1. The third-order valence-corrected chi connectivity index (χ3v) is 4.58. The van der Waals surface area contributed by atoms with Crippen LogP contribution in [-0.2, 0) is 6.42 Å². The molecule has 2 aromatic rings. The number of nitrogens with two attached hydrogens (primary N) is 1. The van der Waals surface area contributed by atoms with Gasteiger partial charge in [-0.2, -0.15) is 0 Å². The summed E-state index contributed by atoms with van der Waals surface area (Å²) >= 11 is 0. The molecule has 0 bridgehead atoms. The number of hydrogen-bond acceptors (Lipinski definition) is 1. The summed E-state index contributed by atoms with van der Waals surface area (Å²) < 4.78 is 0. The molecule has 0 radical (unpaired) electrons. The lowest BCUT2D eigenvalue weighted by molar-refractivity contribution is 0.801. The van der Waals surface area contributed by atoms with Crippen LogP contribution in [0.3, 0.4) is 0 Å². The van der Waals surface area contributed by atoms with Gasteiger partial charge >= 0.3 is 0 Å². The summed E-state index contributed by atoms with van der Waals surface area (Å²) in [7, 11) is 0. The smallest absolute Gasteiger partial charge is 0.193 e. The number of fused-ring (bicyclic) bond motifs is 3. The zero-order valence-corrected chi connectivity index (χ0v) is 12.1. The first-order valence-electron chi connectivity index (χ1n) is 7.47. The maximum atomic E-state index is 6.06. The highest BCUT2D eigenvalue weighted by molar-refractivity contribution is 5.92. The van der Waals surface area contributed by atoms with Crippen molar-refractivity contribution in [3.8, 4) is 0 Å². The molecule has 1 fully saturated rings. The molecule has 0 saturated heterocycles. The minimum Gasteiger partial charge on any atom is -0.370 e. The fourth-order valence-corrected chi connectivity index (χ4v) is 3.56. The molecule has 0 heterocycles. The molecule has 0 spiro atoms. The maximum absolute atomic E-state index is 6.06. The highest BCUT2D eigenvalue weighted by Gasteiger charge is 2.55. The van der Waals surface area contributed by atoms with E-state index in [1.165, 1.54) is 16.7 Å². The van der Waals surface area contributed by atoms with Crippen LogP contribution in [0.25, 0.3) is 0 Å². The molecule has 2 aromatic carbocycles. The van der Waals surface area contributed by atoms with Crippen molar-refractivity contribution in [2.45, 2.75) is 25.3 Å². The first-order chi connectivity index (χ1) is 10.2. The number of hydrogen-bond donors (Lipinski definition) is 2. The van der Waals surface area contributed by atoms with E-state index in [0.717, 1.165) is 12.1 Å². The van der Waals surface area contributed by atoms with Crippen molar-refractivity contribution in [1.29, 1.82) is 0 Å². The van der Waals surface area contributed by atoms with Gasteiger partial charge in [-0.15, -0.1) is 0 Å². The Balaban J connectivity index is 1.48. The monoisotopic (exact) mass is 277 g/mol. The molecule has 3 unspecified atom stereocenters. The Labute approximate surface area is 124 Å². The maximum Gasteiger partial charge on any atom is 0.193 e. The molecule has 0 aromatic heterocycles. The molecule has 21 heavy (non-hydrogen) atoms. The SMILES string of the molecule is Cc1cccc(NC(N)=NC2C3Cc4ccccc4C32)c1. The van der Waals surface area contributed by atoms with E-state index in [1.807, 2.05) is 12.1 Å². The van der Waals surface area contributed by atoms with Crippen LogP contribution in [0.2, 0.25) is 0 Å². The van der Waals surface area contributed by atoms with E-state index in [0.29, 0.717) is 23.8 Å². The predicted molar refractivity (Wildman–Crippen MR) is 86.6 cm³/mol. The van der Waals surface area contributed by atoms with Gasteiger partial charge in [0.25, 0.3) is 0 Å². The average molecular weight is 277 g/mol. The lowest BCUT2D eigenvalue weighted by atomic mass is 10.1. The normalized spacial score (nSPS) is 26.1. The third kappa shape index (κ3) is 2.19. The van der Waals surface area contributed by atoms with E-state index in [1.54, 1.807) is 0 Å². The van der Waals surface area contributed by atoms with E-state index in [2.05, 4.69) is 53.6 Å². The van der Waals surface area contributed by atoms with Gasteiger partial charge in [-0.25, -0.2) is 4.99 Å². The molecule has 1 saturated carbocycles. The van der Waals surface area contributed by atoms with Crippen LogP contribution in [0, 0.1) is 12.8 Å². The number of nitrogens with zero attached hydrogens (tertiary/aromatic N) is 1. The van der Waals surface area contributed by atoms with Gasteiger partial charge in [-0.1, -0.05) is 36.4 Å². The Bertz CT molecular complexity index is 720. The van der Waals surface area contributed by atoms with Crippen molar-refractivity contribution in [3.05, 3.63) is 65.2 Å². The van der Waals surface area contributed by atoms with Gasteiger partial charge in [0, 0.05) is 11.6 Å². The molecule has 4 rings (SSSR count). The summed E-state index contributed by atoms with van der Waals surface area (Å²) in [5.74, 6) is 1.76. The number of rotatable bonds is 2. The molecule has 3 nitrogen and oxygen atoms in total. The summed E-state index contributed by atoms with van der Waals surface area (Å²) in [6.07, 6.45) is 1.15. The molecule has 2 aliphatic rings.